The van der Waals surface area contributed by atoms with Crippen molar-refractivity contribution in [3.63, 3.8) is 0 Å². The highest BCUT2D eigenvalue weighted by Crippen LogP contribution is 2.49. The van der Waals surface area contributed by atoms with Gasteiger partial charge in [0.2, 0.25) is 0 Å². The van der Waals surface area contributed by atoms with Crippen LogP contribution in [0.2, 0.25) is 0 Å². The van der Waals surface area contributed by atoms with Crippen molar-refractivity contribution in [2.45, 2.75) is 46.1 Å². The highest BCUT2D eigenvalue weighted by atomic mass is 16.5. The molecule has 5 heteroatoms. The van der Waals surface area contributed by atoms with Gasteiger partial charge in [-0.25, -0.2) is 0 Å². The Bertz CT molecular complexity index is 862. The Morgan fingerprint density at radius 3 is 2.75 bits per heavy atom. The Morgan fingerprint density at radius 1 is 1.42 bits per heavy atom. The van der Waals surface area contributed by atoms with Crippen LogP contribution in [-0.2, 0) is 9.53 Å². The van der Waals surface area contributed by atoms with Crippen molar-refractivity contribution in [2.75, 3.05) is 6.61 Å². The van der Waals surface area contributed by atoms with E-state index < -0.39 is 6.10 Å². The molecule has 0 bridgehead atoms. The van der Waals surface area contributed by atoms with Crippen molar-refractivity contribution in [1.29, 1.82) is 0 Å². The number of aryl methyl sites for hydroxylation is 1. The monoisotopic (exact) mass is 330 g/mol. The summed E-state index contributed by atoms with van der Waals surface area (Å²) >= 11 is 0. The zero-order chi connectivity index (χ0) is 17.6. The van der Waals surface area contributed by atoms with Crippen LogP contribution in [0.3, 0.4) is 0 Å². The van der Waals surface area contributed by atoms with Crippen LogP contribution in [0.4, 0.5) is 0 Å². The first-order chi connectivity index (χ1) is 11.3. The van der Waals surface area contributed by atoms with Gasteiger partial charge in [0.05, 0.1) is 24.0 Å². The second kappa shape index (κ2) is 6.06. The van der Waals surface area contributed by atoms with Crippen molar-refractivity contribution < 1.29 is 19.1 Å². The quantitative estimate of drug-likeness (QED) is 0.872. The standard InChI is InChI=1S/C19H22O5/c1-5-23-19(22)14-8-13(14)17-10(3)16(21)15-7-9(2)6-12(11(4)20)18(15)24-17/h6-7,11,13-14,20H,5,8H2,1-4H3/t11-,13?,14?/m0/s1. The number of aliphatic hydroxyl groups excluding tert-OH is 1. The van der Waals surface area contributed by atoms with Crippen LogP contribution >= 0.6 is 0 Å². The van der Waals surface area contributed by atoms with Gasteiger partial charge in [0.25, 0.3) is 0 Å². The van der Waals surface area contributed by atoms with Crippen LogP contribution < -0.4 is 5.43 Å². The summed E-state index contributed by atoms with van der Waals surface area (Å²) in [4.78, 5) is 24.6. The fourth-order valence-electron chi connectivity index (χ4n) is 3.24. The summed E-state index contributed by atoms with van der Waals surface area (Å²) < 4.78 is 11.1. The first-order valence-corrected chi connectivity index (χ1v) is 8.27. The minimum absolute atomic E-state index is 0.105. The largest absolute Gasteiger partial charge is 0.466 e. The summed E-state index contributed by atoms with van der Waals surface area (Å²) in [6.45, 7) is 7.37. The van der Waals surface area contributed by atoms with Gasteiger partial charge in [0.1, 0.15) is 11.3 Å². The zero-order valence-corrected chi connectivity index (χ0v) is 14.4. The van der Waals surface area contributed by atoms with Gasteiger partial charge in [-0.2, -0.15) is 0 Å². The van der Waals surface area contributed by atoms with E-state index in [2.05, 4.69) is 0 Å². The molecular weight excluding hydrogens is 308 g/mol. The molecule has 1 aromatic carbocycles. The molecule has 1 aliphatic carbocycles. The van der Waals surface area contributed by atoms with Crippen LogP contribution in [0, 0.1) is 19.8 Å². The maximum absolute atomic E-state index is 12.8. The van der Waals surface area contributed by atoms with E-state index in [1.807, 2.05) is 13.0 Å². The van der Waals surface area contributed by atoms with E-state index in [-0.39, 0.29) is 23.2 Å². The van der Waals surface area contributed by atoms with Gasteiger partial charge in [-0.05, 0) is 51.8 Å². The molecule has 5 nitrogen and oxygen atoms in total. The average molecular weight is 330 g/mol. The number of benzene rings is 1. The number of esters is 1. The molecular formula is C19H22O5. The molecule has 3 atom stereocenters. The Kier molecular flexibility index (Phi) is 4.22. The van der Waals surface area contributed by atoms with Gasteiger partial charge in [0, 0.05) is 17.0 Å². The van der Waals surface area contributed by atoms with E-state index in [0.29, 0.717) is 40.9 Å². The number of carbonyl (C=O) groups excluding carboxylic acids is 1. The number of ether oxygens (including phenoxy) is 1. The van der Waals surface area contributed by atoms with Crippen LogP contribution in [0.25, 0.3) is 11.0 Å². The van der Waals surface area contributed by atoms with Gasteiger partial charge in [-0.15, -0.1) is 0 Å². The second-order valence-electron chi connectivity index (χ2n) is 6.53. The van der Waals surface area contributed by atoms with Gasteiger partial charge in [-0.1, -0.05) is 0 Å². The molecule has 2 aromatic rings. The predicted octanol–water partition coefficient (Wildman–Crippen LogP) is 3.13. The number of hydrogen-bond acceptors (Lipinski definition) is 5. The fraction of sp³-hybridized carbons (Fsp3) is 0.474. The lowest BCUT2D eigenvalue weighted by Crippen LogP contribution is -2.12. The summed E-state index contributed by atoms with van der Waals surface area (Å²) in [5.74, 6) is -0.0744. The van der Waals surface area contributed by atoms with Crippen molar-refractivity contribution >= 4 is 16.9 Å². The van der Waals surface area contributed by atoms with E-state index in [1.165, 1.54) is 0 Å². The number of carbonyl (C=O) groups is 1. The summed E-state index contributed by atoms with van der Waals surface area (Å²) in [6, 6.07) is 3.60. The van der Waals surface area contributed by atoms with Gasteiger partial charge >= 0.3 is 5.97 Å². The molecule has 1 aliphatic rings. The zero-order valence-electron chi connectivity index (χ0n) is 14.4. The third-order valence-electron chi connectivity index (χ3n) is 4.60. The molecule has 1 N–H and O–H groups in total. The van der Waals surface area contributed by atoms with E-state index in [0.717, 1.165) is 5.56 Å². The second-order valence-corrected chi connectivity index (χ2v) is 6.53. The number of rotatable bonds is 4. The number of hydrogen-bond donors (Lipinski definition) is 1. The highest BCUT2D eigenvalue weighted by molar-refractivity contribution is 5.82. The molecule has 0 aliphatic heterocycles. The van der Waals surface area contributed by atoms with Gasteiger partial charge in [0.15, 0.2) is 5.43 Å². The number of aliphatic hydroxyl groups is 1. The Morgan fingerprint density at radius 2 is 2.12 bits per heavy atom. The van der Waals surface area contributed by atoms with Crippen molar-refractivity contribution in [1.82, 2.24) is 0 Å². The maximum atomic E-state index is 12.8. The highest BCUT2D eigenvalue weighted by Gasteiger charge is 2.48. The van der Waals surface area contributed by atoms with Crippen molar-refractivity contribution in [2.24, 2.45) is 5.92 Å². The molecule has 1 fully saturated rings. The van der Waals surface area contributed by atoms with Crippen LogP contribution in [0.1, 0.15) is 54.7 Å². The molecule has 2 unspecified atom stereocenters. The lowest BCUT2D eigenvalue weighted by Gasteiger charge is -2.13. The van der Waals surface area contributed by atoms with Gasteiger partial charge in [-0.3, -0.25) is 9.59 Å². The molecule has 0 saturated heterocycles. The lowest BCUT2D eigenvalue weighted by atomic mass is 10.0. The van der Waals surface area contributed by atoms with Crippen LogP contribution in [-0.4, -0.2) is 17.7 Å². The van der Waals surface area contributed by atoms with Gasteiger partial charge < -0.3 is 14.3 Å². The first-order valence-electron chi connectivity index (χ1n) is 8.27. The molecule has 128 valence electrons. The normalized spacial score (nSPS) is 20.9. The Hall–Kier alpha value is -2.14. The summed E-state index contributed by atoms with van der Waals surface area (Å²) in [6.07, 6.45) is -0.115. The minimum atomic E-state index is -0.744. The molecule has 1 saturated carbocycles. The molecule has 3 rings (SSSR count). The van der Waals surface area contributed by atoms with E-state index in [9.17, 15) is 14.7 Å². The molecule has 0 radical (unpaired) electrons. The summed E-state index contributed by atoms with van der Waals surface area (Å²) in [5, 5.41) is 10.5. The molecule has 0 amide bonds. The van der Waals surface area contributed by atoms with Crippen LogP contribution in [0.15, 0.2) is 21.3 Å². The summed E-state index contributed by atoms with van der Waals surface area (Å²) in [7, 11) is 0. The molecule has 1 aromatic heterocycles. The van der Waals surface area contributed by atoms with Crippen molar-refractivity contribution in [3.05, 3.63) is 44.8 Å². The van der Waals surface area contributed by atoms with E-state index in [1.54, 1.807) is 26.8 Å². The summed E-state index contributed by atoms with van der Waals surface area (Å²) in [5.41, 5.74) is 2.33. The SMILES string of the molecule is CCOC(=O)C1CC1c1oc2c([C@H](C)O)cc(C)cc2c(=O)c1C. The van der Waals surface area contributed by atoms with E-state index in [4.69, 9.17) is 9.15 Å². The topological polar surface area (TPSA) is 76.7 Å². The molecule has 1 heterocycles. The fourth-order valence-corrected chi connectivity index (χ4v) is 3.24. The predicted molar refractivity (Wildman–Crippen MR) is 90.1 cm³/mol. The van der Waals surface area contributed by atoms with Crippen LogP contribution in [0.5, 0.6) is 0 Å². The minimum Gasteiger partial charge on any atom is -0.466 e. The van der Waals surface area contributed by atoms with E-state index >= 15 is 0 Å². The molecule has 0 spiro atoms. The smallest absolute Gasteiger partial charge is 0.309 e. The van der Waals surface area contributed by atoms with Crippen molar-refractivity contribution in [3.8, 4) is 0 Å². The Labute approximate surface area is 140 Å². The first kappa shape index (κ1) is 16.7. The average Bonchev–Trinajstić information content (AvgIpc) is 3.31. The lowest BCUT2D eigenvalue weighted by molar-refractivity contribution is -0.144. The number of fused-ring (bicyclic) bond motifs is 1. The molecule has 24 heavy (non-hydrogen) atoms. The maximum Gasteiger partial charge on any atom is 0.309 e. The third-order valence-corrected chi connectivity index (χ3v) is 4.60. The third kappa shape index (κ3) is 2.73. The Balaban J connectivity index is 2.13.